The summed E-state index contributed by atoms with van der Waals surface area (Å²) in [7, 11) is 1.17. The van der Waals surface area contributed by atoms with Crippen LogP contribution in [0.4, 0.5) is 4.39 Å². The Labute approximate surface area is 115 Å². The maximum atomic E-state index is 13.9. The molecule has 0 aromatic heterocycles. The van der Waals surface area contributed by atoms with Gasteiger partial charge in [0.15, 0.2) is 0 Å². The smallest absolute Gasteiger partial charge is 0.205 e. The lowest BCUT2D eigenvalue weighted by Gasteiger charge is -2.32. The van der Waals surface area contributed by atoms with E-state index in [2.05, 4.69) is 5.09 Å². The molecule has 2 unspecified atom stereocenters. The molecule has 1 aliphatic rings. The van der Waals surface area contributed by atoms with E-state index in [1.54, 1.807) is 13.8 Å². The fraction of sp³-hybridized carbons (Fsp3) is 1.00. The molecule has 0 amide bonds. The Hall–Kier alpha value is 0.0649. The highest BCUT2D eigenvalue weighted by molar-refractivity contribution is 7.49. The van der Waals surface area contributed by atoms with E-state index in [0.29, 0.717) is 6.42 Å². The van der Waals surface area contributed by atoms with Crippen molar-refractivity contribution in [1.82, 2.24) is 5.09 Å². The fourth-order valence-electron chi connectivity index (χ4n) is 2.08. The molecular formula is C11H21BFNO4P-. The molecule has 1 heterocycles. The molecule has 2 radical (unpaired) electrons. The monoisotopic (exact) mass is 292 g/mol. The van der Waals surface area contributed by atoms with E-state index in [9.17, 15) is 13.8 Å². The molecule has 1 N–H and O–H groups in total. The largest absolute Gasteiger partial charge is 0.766 e. The minimum absolute atomic E-state index is 0.240. The van der Waals surface area contributed by atoms with Gasteiger partial charge in [0.05, 0.1) is 18.2 Å². The third-order valence-corrected chi connectivity index (χ3v) is 4.06. The third kappa shape index (κ3) is 5.16. The molecule has 1 aliphatic heterocycles. The topological polar surface area (TPSA) is 70.6 Å². The van der Waals surface area contributed by atoms with Crippen LogP contribution in [0.25, 0.3) is 0 Å². The predicted octanol–water partition coefficient (Wildman–Crippen LogP) is 1.12. The molecule has 0 bridgehead atoms. The van der Waals surface area contributed by atoms with Gasteiger partial charge in [0.2, 0.25) is 7.75 Å². The first-order valence-corrected chi connectivity index (χ1v) is 7.99. The first-order chi connectivity index (χ1) is 8.62. The molecule has 19 heavy (non-hydrogen) atoms. The normalized spacial score (nSPS) is 34.9. The zero-order chi connectivity index (χ0) is 14.8. The van der Waals surface area contributed by atoms with Crippen molar-refractivity contribution in [3.05, 3.63) is 0 Å². The molecule has 5 nitrogen and oxygen atoms in total. The average molecular weight is 292 g/mol. The summed E-state index contributed by atoms with van der Waals surface area (Å²) in [4.78, 5) is 11.7. The van der Waals surface area contributed by atoms with Crippen LogP contribution in [0.5, 0.6) is 0 Å². The SMILES string of the molecule is [B][C@@H]1O[C@H](CC(C)C)[C@H](NP(=O)([O-])OC(C)C)C1F. The Morgan fingerprint density at radius 1 is 1.47 bits per heavy atom. The first kappa shape index (κ1) is 17.1. The summed E-state index contributed by atoms with van der Waals surface area (Å²) in [6.45, 7) is 7.06. The van der Waals surface area contributed by atoms with Crippen LogP contribution >= 0.6 is 7.75 Å². The molecule has 1 saturated heterocycles. The number of hydrogen-bond acceptors (Lipinski definition) is 4. The number of nitrogens with one attached hydrogen (secondary N) is 1. The van der Waals surface area contributed by atoms with Crippen LogP contribution in [0.15, 0.2) is 0 Å². The Bertz CT molecular complexity index is 343. The van der Waals surface area contributed by atoms with Gasteiger partial charge in [-0.3, -0.25) is 4.57 Å². The second kappa shape index (κ2) is 6.68. The molecule has 0 aromatic carbocycles. The highest BCUT2D eigenvalue weighted by Gasteiger charge is 2.43. The first-order valence-electron chi connectivity index (χ1n) is 6.44. The summed E-state index contributed by atoms with van der Waals surface area (Å²) in [5.74, 6) is 0.240. The maximum Gasteiger partial charge on any atom is 0.205 e. The summed E-state index contributed by atoms with van der Waals surface area (Å²) >= 11 is 0. The Morgan fingerprint density at radius 2 is 2.05 bits per heavy atom. The van der Waals surface area contributed by atoms with Crippen LogP contribution in [0, 0.1) is 5.92 Å². The summed E-state index contributed by atoms with van der Waals surface area (Å²) in [6.07, 6.45) is -2.15. The van der Waals surface area contributed by atoms with Crippen molar-refractivity contribution in [3.8, 4) is 0 Å². The predicted molar refractivity (Wildman–Crippen MR) is 69.5 cm³/mol. The molecule has 0 saturated carbocycles. The van der Waals surface area contributed by atoms with Crippen molar-refractivity contribution in [2.45, 2.75) is 64.5 Å². The number of alkyl halides is 1. The second-order valence-electron chi connectivity index (χ2n) is 5.52. The fourth-order valence-corrected chi connectivity index (χ4v) is 3.37. The van der Waals surface area contributed by atoms with Gasteiger partial charge in [0.25, 0.3) is 0 Å². The number of ether oxygens (including phenoxy) is 1. The average Bonchev–Trinajstić information content (AvgIpc) is 2.42. The van der Waals surface area contributed by atoms with Gasteiger partial charge in [-0.25, -0.2) is 9.48 Å². The maximum absolute atomic E-state index is 13.9. The lowest BCUT2D eigenvalue weighted by Crippen LogP contribution is -2.44. The highest BCUT2D eigenvalue weighted by atomic mass is 31.2. The lowest BCUT2D eigenvalue weighted by atomic mass is 9.92. The van der Waals surface area contributed by atoms with Gasteiger partial charge < -0.3 is 14.2 Å². The zero-order valence-electron chi connectivity index (χ0n) is 11.7. The summed E-state index contributed by atoms with van der Waals surface area (Å²) in [5.41, 5.74) is 0. The van der Waals surface area contributed by atoms with Gasteiger partial charge >= 0.3 is 0 Å². The summed E-state index contributed by atoms with van der Waals surface area (Å²) in [5, 5.41) is 2.22. The Balaban J connectivity index is 2.74. The van der Waals surface area contributed by atoms with E-state index >= 15 is 0 Å². The standard InChI is InChI=1S/C11H22BFNO4P/c1-6(2)5-8-10(9(13)11(12)17-8)14-19(15,16)18-7(3)4/h6-11H,5H2,1-4H3,(H2,14,15,16)/p-1/t8-,9?,10+,11-/m1/s1. The van der Waals surface area contributed by atoms with Crippen molar-refractivity contribution in [2.24, 2.45) is 5.92 Å². The van der Waals surface area contributed by atoms with Crippen molar-refractivity contribution in [3.63, 3.8) is 0 Å². The van der Waals surface area contributed by atoms with Crippen LogP contribution in [0.2, 0.25) is 0 Å². The van der Waals surface area contributed by atoms with Crippen LogP contribution in [-0.2, 0) is 13.8 Å². The minimum Gasteiger partial charge on any atom is -0.766 e. The van der Waals surface area contributed by atoms with E-state index in [-0.39, 0.29) is 5.92 Å². The summed E-state index contributed by atoms with van der Waals surface area (Å²) in [6, 6.07) is -2.11. The number of hydrogen-bond donors (Lipinski definition) is 1. The van der Waals surface area contributed by atoms with Crippen molar-refractivity contribution >= 4 is 15.6 Å². The third-order valence-electron chi connectivity index (χ3n) is 2.75. The number of rotatable bonds is 6. The van der Waals surface area contributed by atoms with Crippen molar-refractivity contribution in [2.75, 3.05) is 0 Å². The van der Waals surface area contributed by atoms with E-state index in [1.165, 1.54) is 0 Å². The lowest BCUT2D eigenvalue weighted by molar-refractivity contribution is -0.206. The summed E-state index contributed by atoms with van der Waals surface area (Å²) < 4.78 is 35.7. The molecule has 0 aromatic rings. The molecule has 1 rings (SSSR count). The van der Waals surface area contributed by atoms with Gasteiger partial charge in [0.1, 0.15) is 14.0 Å². The van der Waals surface area contributed by atoms with Gasteiger partial charge in [-0.1, -0.05) is 13.8 Å². The quantitative estimate of drug-likeness (QED) is 0.586. The molecule has 1 fully saturated rings. The van der Waals surface area contributed by atoms with Crippen LogP contribution < -0.4 is 9.98 Å². The second-order valence-corrected chi connectivity index (χ2v) is 6.98. The number of halogens is 1. The molecule has 8 heteroatoms. The van der Waals surface area contributed by atoms with E-state index < -0.39 is 38.2 Å². The molecular weight excluding hydrogens is 271 g/mol. The van der Waals surface area contributed by atoms with E-state index in [4.69, 9.17) is 17.1 Å². The molecule has 0 aliphatic carbocycles. The van der Waals surface area contributed by atoms with Gasteiger partial charge in [-0.2, -0.15) is 0 Å². The van der Waals surface area contributed by atoms with Crippen LogP contribution in [0.3, 0.4) is 0 Å². The highest BCUT2D eigenvalue weighted by Crippen LogP contribution is 2.38. The van der Waals surface area contributed by atoms with Gasteiger partial charge in [-0.15, -0.1) is 0 Å². The zero-order valence-corrected chi connectivity index (χ0v) is 12.6. The van der Waals surface area contributed by atoms with Gasteiger partial charge in [-0.05, 0) is 26.2 Å². The van der Waals surface area contributed by atoms with Crippen LogP contribution in [-0.4, -0.2) is 38.3 Å². The molecule has 110 valence electrons. The van der Waals surface area contributed by atoms with Crippen molar-refractivity contribution < 1.29 is 23.1 Å². The van der Waals surface area contributed by atoms with Crippen LogP contribution in [0.1, 0.15) is 34.1 Å². The minimum atomic E-state index is -4.32. The Kier molecular flexibility index (Phi) is 6.02. The van der Waals surface area contributed by atoms with Crippen molar-refractivity contribution in [1.29, 1.82) is 0 Å². The Morgan fingerprint density at radius 3 is 2.53 bits per heavy atom. The van der Waals surface area contributed by atoms with Gasteiger partial charge in [0, 0.05) is 6.00 Å². The molecule has 0 spiro atoms. The van der Waals surface area contributed by atoms with E-state index in [0.717, 1.165) is 0 Å². The molecule has 5 atom stereocenters. The van der Waals surface area contributed by atoms with E-state index in [1.807, 2.05) is 13.8 Å².